The van der Waals surface area contributed by atoms with Crippen LogP contribution in [-0.2, 0) is 0 Å². The van der Waals surface area contributed by atoms with Crippen molar-refractivity contribution in [1.82, 2.24) is 0 Å². The van der Waals surface area contributed by atoms with Gasteiger partial charge >= 0.3 is 5.97 Å². The number of aromatic carboxylic acids is 1. The van der Waals surface area contributed by atoms with Crippen LogP contribution in [0.3, 0.4) is 0 Å². The van der Waals surface area contributed by atoms with E-state index in [-0.39, 0.29) is 0 Å². The summed E-state index contributed by atoms with van der Waals surface area (Å²) in [4.78, 5) is 11.0. The lowest BCUT2D eigenvalue weighted by atomic mass is 9.95. The summed E-state index contributed by atoms with van der Waals surface area (Å²) in [5.41, 5.74) is 1.21. The van der Waals surface area contributed by atoms with Gasteiger partial charge in [-0.2, -0.15) is 0 Å². The van der Waals surface area contributed by atoms with E-state index in [1.165, 1.54) is 32.1 Å². The zero-order valence-corrected chi connectivity index (χ0v) is 11.2. The van der Waals surface area contributed by atoms with E-state index in [9.17, 15) is 4.79 Å². The van der Waals surface area contributed by atoms with Crippen LogP contribution in [0.15, 0.2) is 22.7 Å². The van der Waals surface area contributed by atoms with E-state index < -0.39 is 5.97 Å². The smallest absolute Gasteiger partial charge is 0.336 e. The van der Waals surface area contributed by atoms with E-state index in [1.54, 1.807) is 12.1 Å². The fourth-order valence-electron chi connectivity index (χ4n) is 2.26. The first-order valence-electron chi connectivity index (χ1n) is 5.96. The highest BCUT2D eigenvalue weighted by molar-refractivity contribution is 9.10. The Kier molecular flexibility index (Phi) is 4.05. The summed E-state index contributed by atoms with van der Waals surface area (Å²) in [6.07, 6.45) is 6.20. The first kappa shape index (κ1) is 12.4. The molecule has 1 fully saturated rings. The standard InChI is InChI=1S/C13H16BrNO2/c14-12-7-6-10(8-11(12)13(16)17)15-9-4-2-1-3-5-9/h6-9,15H,1-5H2,(H,16,17). The summed E-state index contributed by atoms with van der Waals surface area (Å²) in [5.74, 6) is -0.899. The van der Waals surface area contributed by atoms with Crippen molar-refractivity contribution in [2.45, 2.75) is 38.1 Å². The number of hydrogen-bond donors (Lipinski definition) is 2. The van der Waals surface area contributed by atoms with Crippen molar-refractivity contribution in [3.05, 3.63) is 28.2 Å². The number of rotatable bonds is 3. The second-order valence-electron chi connectivity index (χ2n) is 4.48. The Balaban J connectivity index is 2.10. The monoisotopic (exact) mass is 297 g/mol. The van der Waals surface area contributed by atoms with Crippen molar-refractivity contribution in [2.24, 2.45) is 0 Å². The summed E-state index contributed by atoms with van der Waals surface area (Å²) < 4.78 is 0.624. The van der Waals surface area contributed by atoms with Gasteiger partial charge in [-0.1, -0.05) is 19.3 Å². The molecule has 0 heterocycles. The molecule has 1 saturated carbocycles. The molecule has 2 N–H and O–H groups in total. The van der Waals surface area contributed by atoms with Gasteiger partial charge in [0.25, 0.3) is 0 Å². The highest BCUT2D eigenvalue weighted by Crippen LogP contribution is 2.25. The maximum absolute atomic E-state index is 11.0. The van der Waals surface area contributed by atoms with E-state index in [1.807, 2.05) is 6.07 Å². The van der Waals surface area contributed by atoms with E-state index in [0.717, 1.165) is 5.69 Å². The molecule has 0 bridgehead atoms. The zero-order chi connectivity index (χ0) is 12.3. The summed E-state index contributed by atoms with van der Waals surface area (Å²) in [5, 5.41) is 12.5. The lowest BCUT2D eigenvalue weighted by Gasteiger charge is -2.24. The summed E-state index contributed by atoms with van der Waals surface area (Å²) >= 11 is 3.25. The lowest BCUT2D eigenvalue weighted by Crippen LogP contribution is -2.22. The third kappa shape index (κ3) is 3.22. The molecule has 0 aromatic heterocycles. The molecule has 1 aliphatic carbocycles. The number of carboxylic acid groups (broad SMARTS) is 1. The number of halogens is 1. The van der Waals surface area contributed by atoms with Crippen LogP contribution in [0.5, 0.6) is 0 Å². The minimum Gasteiger partial charge on any atom is -0.478 e. The molecule has 0 unspecified atom stereocenters. The van der Waals surface area contributed by atoms with Crippen LogP contribution in [0, 0.1) is 0 Å². The van der Waals surface area contributed by atoms with Crippen LogP contribution >= 0.6 is 15.9 Å². The normalized spacial score (nSPS) is 16.8. The molecule has 1 aromatic rings. The van der Waals surface area contributed by atoms with Gasteiger partial charge in [0.05, 0.1) is 5.56 Å². The zero-order valence-electron chi connectivity index (χ0n) is 9.58. The van der Waals surface area contributed by atoms with Gasteiger partial charge in [0.2, 0.25) is 0 Å². The minimum absolute atomic E-state index is 0.311. The molecular weight excluding hydrogens is 282 g/mol. The second-order valence-corrected chi connectivity index (χ2v) is 5.33. The average molecular weight is 298 g/mol. The molecule has 1 aromatic carbocycles. The van der Waals surface area contributed by atoms with E-state index in [4.69, 9.17) is 5.11 Å². The van der Waals surface area contributed by atoms with Gasteiger partial charge in [-0.3, -0.25) is 0 Å². The highest BCUT2D eigenvalue weighted by atomic mass is 79.9. The van der Waals surface area contributed by atoms with Crippen LogP contribution in [0.25, 0.3) is 0 Å². The molecule has 0 amide bonds. The Morgan fingerprint density at radius 2 is 2.00 bits per heavy atom. The number of benzene rings is 1. The predicted molar refractivity (Wildman–Crippen MR) is 71.6 cm³/mol. The Bertz CT molecular complexity index is 414. The van der Waals surface area contributed by atoms with Crippen molar-refractivity contribution in [1.29, 1.82) is 0 Å². The summed E-state index contributed by atoms with van der Waals surface area (Å²) in [6, 6.07) is 5.90. The number of anilines is 1. The number of carbonyl (C=O) groups is 1. The average Bonchev–Trinajstić information content (AvgIpc) is 2.32. The van der Waals surface area contributed by atoms with Gasteiger partial charge in [-0.05, 0) is 47.0 Å². The summed E-state index contributed by atoms with van der Waals surface area (Å²) in [7, 11) is 0. The quantitative estimate of drug-likeness (QED) is 0.890. The fraction of sp³-hybridized carbons (Fsp3) is 0.462. The molecule has 92 valence electrons. The number of hydrogen-bond acceptors (Lipinski definition) is 2. The van der Waals surface area contributed by atoms with Crippen molar-refractivity contribution in [3.8, 4) is 0 Å². The molecule has 0 atom stereocenters. The Labute approximate surface area is 109 Å². The Hall–Kier alpha value is -1.03. The van der Waals surface area contributed by atoms with Crippen LogP contribution in [0.4, 0.5) is 5.69 Å². The van der Waals surface area contributed by atoms with Crippen LogP contribution in [-0.4, -0.2) is 17.1 Å². The van der Waals surface area contributed by atoms with E-state index >= 15 is 0 Å². The fourth-order valence-corrected chi connectivity index (χ4v) is 2.68. The van der Waals surface area contributed by atoms with Crippen LogP contribution in [0.2, 0.25) is 0 Å². The van der Waals surface area contributed by atoms with Gasteiger partial charge in [-0.15, -0.1) is 0 Å². The second kappa shape index (κ2) is 5.54. The predicted octanol–water partition coefficient (Wildman–Crippen LogP) is 3.89. The molecule has 0 aliphatic heterocycles. The Morgan fingerprint density at radius 3 is 2.65 bits per heavy atom. The van der Waals surface area contributed by atoms with Crippen LogP contribution < -0.4 is 5.32 Å². The first-order chi connectivity index (χ1) is 8.16. The summed E-state index contributed by atoms with van der Waals surface area (Å²) in [6.45, 7) is 0. The van der Waals surface area contributed by atoms with Crippen LogP contribution in [0.1, 0.15) is 42.5 Å². The molecule has 2 rings (SSSR count). The van der Waals surface area contributed by atoms with Gasteiger partial charge in [0, 0.05) is 16.2 Å². The maximum atomic E-state index is 11.0. The number of carboxylic acids is 1. The molecule has 0 saturated heterocycles. The maximum Gasteiger partial charge on any atom is 0.336 e. The third-order valence-electron chi connectivity index (χ3n) is 3.17. The Morgan fingerprint density at radius 1 is 1.29 bits per heavy atom. The van der Waals surface area contributed by atoms with Gasteiger partial charge in [-0.25, -0.2) is 4.79 Å². The van der Waals surface area contributed by atoms with Gasteiger partial charge in [0.15, 0.2) is 0 Å². The third-order valence-corrected chi connectivity index (χ3v) is 3.86. The van der Waals surface area contributed by atoms with E-state index in [0.29, 0.717) is 16.1 Å². The largest absolute Gasteiger partial charge is 0.478 e. The van der Waals surface area contributed by atoms with Crippen molar-refractivity contribution in [3.63, 3.8) is 0 Å². The highest BCUT2D eigenvalue weighted by Gasteiger charge is 2.14. The van der Waals surface area contributed by atoms with E-state index in [2.05, 4.69) is 21.2 Å². The topological polar surface area (TPSA) is 49.3 Å². The molecule has 0 radical (unpaired) electrons. The SMILES string of the molecule is O=C(O)c1cc(NC2CCCCC2)ccc1Br. The van der Waals surface area contributed by atoms with Crippen molar-refractivity contribution >= 4 is 27.6 Å². The van der Waals surface area contributed by atoms with Gasteiger partial charge in [0.1, 0.15) is 0 Å². The molecule has 1 aliphatic rings. The minimum atomic E-state index is -0.899. The molecule has 0 spiro atoms. The molecule has 4 heteroatoms. The van der Waals surface area contributed by atoms with Crippen molar-refractivity contribution in [2.75, 3.05) is 5.32 Å². The molecule has 17 heavy (non-hydrogen) atoms. The van der Waals surface area contributed by atoms with Gasteiger partial charge < -0.3 is 10.4 Å². The lowest BCUT2D eigenvalue weighted by molar-refractivity contribution is 0.0696. The molecule has 3 nitrogen and oxygen atoms in total. The number of nitrogens with one attached hydrogen (secondary N) is 1. The first-order valence-corrected chi connectivity index (χ1v) is 6.75. The van der Waals surface area contributed by atoms with Crippen molar-refractivity contribution < 1.29 is 9.90 Å². The molecular formula is C13H16BrNO2.